The van der Waals surface area contributed by atoms with E-state index in [0.717, 1.165) is 49.1 Å². The third-order valence-electron chi connectivity index (χ3n) is 5.62. The van der Waals surface area contributed by atoms with Gasteiger partial charge in [-0.25, -0.2) is 0 Å². The molecule has 1 aromatic rings. The van der Waals surface area contributed by atoms with Crippen molar-refractivity contribution in [2.75, 3.05) is 13.7 Å². The topological polar surface area (TPSA) is 136 Å². The molecule has 1 fully saturated rings. The van der Waals surface area contributed by atoms with E-state index in [2.05, 4.69) is 11.9 Å². The molecule has 28 heavy (non-hydrogen) atoms. The molecule has 0 aromatic carbocycles. The van der Waals surface area contributed by atoms with Crippen molar-refractivity contribution < 1.29 is 4.74 Å². The largest absolute Gasteiger partial charge is 0.494 e. The van der Waals surface area contributed by atoms with Gasteiger partial charge in [0, 0.05) is 35.4 Å². The number of aromatic nitrogens is 1. The van der Waals surface area contributed by atoms with E-state index in [1.165, 1.54) is 19.5 Å². The lowest BCUT2D eigenvalue weighted by Crippen LogP contribution is -2.41. The predicted molar refractivity (Wildman–Crippen MR) is 113 cm³/mol. The molecule has 150 valence electrons. The van der Waals surface area contributed by atoms with Gasteiger partial charge in [0.1, 0.15) is 17.5 Å². The minimum absolute atomic E-state index is 0.248. The molecule has 1 saturated carbocycles. The van der Waals surface area contributed by atoms with Crippen LogP contribution < -0.4 is 21.9 Å². The number of hydrogen-bond acceptors (Lipinski definition) is 7. The van der Waals surface area contributed by atoms with Gasteiger partial charge in [-0.3, -0.25) is 9.98 Å². The number of nitrogens with two attached hydrogens (primary N) is 3. The molecule has 6 N–H and O–H groups in total. The van der Waals surface area contributed by atoms with Crippen LogP contribution >= 0.6 is 0 Å². The highest BCUT2D eigenvalue weighted by atomic mass is 16.5. The Kier molecular flexibility index (Phi) is 7.18. The van der Waals surface area contributed by atoms with E-state index in [0.29, 0.717) is 22.9 Å². The van der Waals surface area contributed by atoms with E-state index in [-0.39, 0.29) is 5.57 Å². The first-order chi connectivity index (χ1) is 13.5. The van der Waals surface area contributed by atoms with Crippen LogP contribution in [0.5, 0.6) is 5.75 Å². The summed E-state index contributed by atoms with van der Waals surface area (Å²) < 4.78 is 5.40. The third kappa shape index (κ3) is 4.34. The fourth-order valence-corrected chi connectivity index (χ4v) is 3.89. The second-order valence-electron chi connectivity index (χ2n) is 7.22. The SMILES string of the molecule is CCC1(CCN)CC(N=C(C)/C(=C\N)c2cnc(/C(C#N)=C\N)c(OC)c2)C1. The highest BCUT2D eigenvalue weighted by Crippen LogP contribution is 2.48. The summed E-state index contributed by atoms with van der Waals surface area (Å²) in [4.78, 5) is 9.23. The number of methoxy groups -OCH3 is 1. The lowest BCUT2D eigenvalue weighted by molar-refractivity contribution is 0.0912. The fraction of sp³-hybridized carbons (Fsp3) is 0.476. The van der Waals surface area contributed by atoms with Gasteiger partial charge in [-0.15, -0.1) is 0 Å². The molecule has 1 aliphatic carbocycles. The summed E-state index contributed by atoms with van der Waals surface area (Å²) in [6, 6.07) is 4.11. The highest BCUT2D eigenvalue weighted by Gasteiger charge is 2.41. The summed E-state index contributed by atoms with van der Waals surface area (Å²) in [7, 11) is 1.53. The summed E-state index contributed by atoms with van der Waals surface area (Å²) in [6.45, 7) is 4.89. The van der Waals surface area contributed by atoms with Gasteiger partial charge in [0.25, 0.3) is 0 Å². The first-order valence-electron chi connectivity index (χ1n) is 9.51. The number of nitrogens with zero attached hydrogens (tertiary/aromatic N) is 3. The van der Waals surface area contributed by atoms with Crippen LogP contribution in [0.15, 0.2) is 29.7 Å². The summed E-state index contributed by atoms with van der Waals surface area (Å²) >= 11 is 0. The van der Waals surface area contributed by atoms with Crippen molar-refractivity contribution in [1.29, 1.82) is 5.26 Å². The lowest BCUT2D eigenvalue weighted by atomic mass is 9.62. The Morgan fingerprint density at radius 2 is 2.14 bits per heavy atom. The molecule has 1 heterocycles. The first kappa shape index (κ1) is 21.5. The van der Waals surface area contributed by atoms with Crippen LogP contribution in [0, 0.1) is 16.7 Å². The van der Waals surface area contributed by atoms with Gasteiger partial charge in [0.2, 0.25) is 0 Å². The Labute approximate surface area is 167 Å². The Morgan fingerprint density at radius 1 is 1.43 bits per heavy atom. The van der Waals surface area contributed by atoms with Crippen LogP contribution in [0.3, 0.4) is 0 Å². The lowest BCUT2D eigenvalue weighted by Gasteiger charge is -2.46. The van der Waals surface area contributed by atoms with Crippen molar-refractivity contribution >= 4 is 16.9 Å². The normalized spacial score (nSPS) is 23.1. The van der Waals surface area contributed by atoms with Gasteiger partial charge in [-0.1, -0.05) is 13.3 Å². The van der Waals surface area contributed by atoms with Gasteiger partial charge in [0.05, 0.1) is 18.7 Å². The van der Waals surface area contributed by atoms with Crippen molar-refractivity contribution in [1.82, 2.24) is 4.98 Å². The zero-order valence-electron chi connectivity index (χ0n) is 16.9. The van der Waals surface area contributed by atoms with Crippen molar-refractivity contribution in [3.8, 4) is 11.8 Å². The molecular weight excluding hydrogens is 352 g/mol. The molecule has 7 heteroatoms. The van der Waals surface area contributed by atoms with E-state index >= 15 is 0 Å². The standard InChI is InChI=1S/C21H30N6O/c1-4-21(5-6-22)8-17(9-21)27-14(2)18(12-25)15-7-19(28-3)20(26-13-15)16(10-23)11-24/h7,10,12-13,17H,4-6,8-9,22-23,25H2,1-3H3/b16-10-,18-12+,27-14?. The minimum Gasteiger partial charge on any atom is -0.494 e. The monoisotopic (exact) mass is 382 g/mol. The van der Waals surface area contributed by atoms with Crippen LogP contribution in [0.4, 0.5) is 0 Å². The number of rotatable bonds is 8. The van der Waals surface area contributed by atoms with Crippen LogP contribution in [0.2, 0.25) is 0 Å². The zero-order valence-corrected chi connectivity index (χ0v) is 16.9. The Bertz CT molecular complexity index is 828. The van der Waals surface area contributed by atoms with Gasteiger partial charge in [0.15, 0.2) is 0 Å². The summed E-state index contributed by atoms with van der Waals surface area (Å²) in [5, 5.41) is 9.19. The molecule has 0 atom stereocenters. The van der Waals surface area contributed by atoms with E-state index in [9.17, 15) is 5.26 Å². The number of aliphatic imine (C=N–C) groups is 1. The smallest absolute Gasteiger partial charge is 0.146 e. The van der Waals surface area contributed by atoms with E-state index in [1.807, 2.05) is 13.0 Å². The Morgan fingerprint density at radius 3 is 2.64 bits per heavy atom. The van der Waals surface area contributed by atoms with Crippen molar-refractivity contribution in [2.45, 2.75) is 45.6 Å². The second kappa shape index (κ2) is 9.38. The molecule has 0 spiro atoms. The molecule has 0 saturated heterocycles. The van der Waals surface area contributed by atoms with E-state index < -0.39 is 0 Å². The van der Waals surface area contributed by atoms with Crippen molar-refractivity contribution in [3.05, 3.63) is 35.9 Å². The number of hydrogen-bond donors (Lipinski definition) is 3. The molecule has 7 nitrogen and oxygen atoms in total. The van der Waals surface area contributed by atoms with Crippen LogP contribution in [-0.2, 0) is 0 Å². The molecular formula is C21H30N6O. The highest BCUT2D eigenvalue weighted by molar-refractivity contribution is 6.22. The summed E-state index contributed by atoms with van der Waals surface area (Å²) in [6.07, 6.45) is 8.70. The third-order valence-corrected chi connectivity index (χ3v) is 5.62. The summed E-state index contributed by atoms with van der Waals surface area (Å²) in [5.41, 5.74) is 20.6. The molecule has 0 bridgehead atoms. The maximum absolute atomic E-state index is 9.19. The van der Waals surface area contributed by atoms with Crippen LogP contribution in [0.1, 0.15) is 50.8 Å². The Hall–Kier alpha value is -2.85. The number of allylic oxidation sites excluding steroid dienone is 2. The number of ether oxygens (including phenoxy) is 1. The molecule has 0 radical (unpaired) electrons. The molecule has 1 aromatic heterocycles. The molecule has 1 aliphatic rings. The van der Waals surface area contributed by atoms with Gasteiger partial charge >= 0.3 is 0 Å². The second-order valence-corrected chi connectivity index (χ2v) is 7.22. The van der Waals surface area contributed by atoms with E-state index in [4.69, 9.17) is 26.9 Å². The van der Waals surface area contributed by atoms with Gasteiger partial charge < -0.3 is 21.9 Å². The maximum Gasteiger partial charge on any atom is 0.146 e. The number of nitriles is 1. The predicted octanol–water partition coefficient (Wildman–Crippen LogP) is 2.58. The van der Waals surface area contributed by atoms with Gasteiger partial charge in [-0.2, -0.15) is 5.26 Å². The van der Waals surface area contributed by atoms with Crippen LogP contribution in [-0.4, -0.2) is 30.4 Å². The van der Waals surface area contributed by atoms with E-state index in [1.54, 1.807) is 12.3 Å². The molecule has 2 rings (SSSR count). The quantitative estimate of drug-likeness (QED) is 0.467. The number of pyridine rings is 1. The van der Waals surface area contributed by atoms with Crippen LogP contribution in [0.25, 0.3) is 11.1 Å². The fourth-order valence-electron chi connectivity index (χ4n) is 3.89. The first-order valence-corrected chi connectivity index (χ1v) is 9.51. The minimum atomic E-state index is 0.248. The Balaban J connectivity index is 2.25. The van der Waals surface area contributed by atoms with Gasteiger partial charge in [-0.05, 0) is 44.2 Å². The maximum atomic E-state index is 9.19. The average molecular weight is 383 g/mol. The molecule has 0 unspecified atom stereocenters. The summed E-state index contributed by atoms with van der Waals surface area (Å²) in [5.74, 6) is 0.458. The zero-order chi connectivity index (χ0) is 20.7. The molecule has 0 aliphatic heterocycles. The van der Waals surface area contributed by atoms with Crippen molar-refractivity contribution in [3.63, 3.8) is 0 Å². The molecule has 0 amide bonds. The average Bonchev–Trinajstić information content (AvgIpc) is 2.68. The van der Waals surface area contributed by atoms with Crippen molar-refractivity contribution in [2.24, 2.45) is 27.6 Å².